The molecule has 0 heterocycles. The lowest BCUT2D eigenvalue weighted by Gasteiger charge is -2.16. The molecule has 0 saturated carbocycles. The number of carbonyl (C=O) groups excluding carboxylic acids is 2. The van der Waals surface area contributed by atoms with Gasteiger partial charge in [0.05, 0.1) is 7.11 Å². The summed E-state index contributed by atoms with van der Waals surface area (Å²) in [5, 5.41) is 2.71. The molecule has 2 unspecified atom stereocenters. The van der Waals surface area contributed by atoms with Crippen LogP contribution in [-0.4, -0.2) is 55.4 Å². The van der Waals surface area contributed by atoms with Gasteiger partial charge in [-0.15, -0.1) is 0 Å². The van der Waals surface area contributed by atoms with Crippen molar-refractivity contribution in [3.8, 4) is 5.75 Å². The second kappa shape index (κ2) is 12.7. The molecule has 0 spiro atoms. The summed E-state index contributed by atoms with van der Waals surface area (Å²) in [4.78, 5) is 24.2. The third kappa shape index (κ3) is 8.16. The van der Waals surface area contributed by atoms with Crippen LogP contribution in [0.3, 0.4) is 0 Å². The number of rotatable bonds is 11. The number of nitrogens with one attached hydrogen (secondary N) is 1. The summed E-state index contributed by atoms with van der Waals surface area (Å²) >= 11 is 5.70. The van der Waals surface area contributed by atoms with Crippen molar-refractivity contribution in [1.82, 2.24) is 5.32 Å². The lowest BCUT2D eigenvalue weighted by atomic mass is 10.1. The highest BCUT2D eigenvalue weighted by Crippen LogP contribution is 2.14. The maximum atomic E-state index is 12.4. The first-order valence-electron chi connectivity index (χ1n) is 8.15. The smallest absolute Gasteiger partial charge is 0.328 e. The summed E-state index contributed by atoms with van der Waals surface area (Å²) in [6.07, 6.45) is 6.07. The van der Waals surface area contributed by atoms with Crippen molar-refractivity contribution in [3.63, 3.8) is 0 Å². The van der Waals surface area contributed by atoms with Crippen molar-refractivity contribution in [3.05, 3.63) is 42.0 Å². The van der Waals surface area contributed by atoms with Crippen LogP contribution in [0.5, 0.6) is 5.75 Å². The number of nitrogens with two attached hydrogens (primary N) is 1. The van der Waals surface area contributed by atoms with Gasteiger partial charge in [-0.25, -0.2) is 4.79 Å². The van der Waals surface area contributed by atoms with E-state index in [0.717, 1.165) is 5.75 Å². The van der Waals surface area contributed by atoms with Crippen molar-refractivity contribution in [2.45, 2.75) is 18.5 Å². The predicted molar refractivity (Wildman–Crippen MR) is 109 cm³/mol. The molecule has 0 aromatic heterocycles. The van der Waals surface area contributed by atoms with Gasteiger partial charge in [-0.05, 0) is 42.7 Å². The summed E-state index contributed by atoms with van der Waals surface area (Å²) in [6.45, 7) is 0.338. The standard InChI is InChI=1S/C18H26N2O4S2/c1-23-18(22)16(8-10-26-2)20-17(21)13-5-3-7-15(11-13)24-9-4-6-14(19)12-25/h3-7,11,14,16,25H,8-10,12,19H2,1-2H3,(H,20,21)/b6-4+. The fraction of sp³-hybridized carbons (Fsp3) is 0.444. The van der Waals surface area contributed by atoms with E-state index in [4.69, 9.17) is 15.2 Å². The van der Waals surface area contributed by atoms with Gasteiger partial charge < -0.3 is 20.5 Å². The molecular weight excluding hydrogens is 372 g/mol. The number of hydrogen-bond acceptors (Lipinski definition) is 7. The van der Waals surface area contributed by atoms with Crippen LogP contribution in [0.1, 0.15) is 16.8 Å². The molecule has 1 rings (SSSR count). The van der Waals surface area contributed by atoms with E-state index in [1.807, 2.05) is 18.4 Å². The Bertz CT molecular complexity index is 611. The minimum atomic E-state index is -0.671. The Hall–Kier alpha value is -1.64. The maximum Gasteiger partial charge on any atom is 0.328 e. The van der Waals surface area contributed by atoms with Crippen molar-refractivity contribution in [1.29, 1.82) is 0 Å². The van der Waals surface area contributed by atoms with Crippen LogP contribution < -0.4 is 15.8 Å². The number of thiol groups is 1. The fourth-order valence-corrected chi connectivity index (χ4v) is 2.62. The van der Waals surface area contributed by atoms with E-state index in [1.54, 1.807) is 36.0 Å². The highest BCUT2D eigenvalue weighted by atomic mass is 32.2. The number of methoxy groups -OCH3 is 1. The first-order valence-corrected chi connectivity index (χ1v) is 10.2. The van der Waals surface area contributed by atoms with Gasteiger partial charge in [0.15, 0.2) is 0 Å². The molecule has 144 valence electrons. The Morgan fingerprint density at radius 3 is 2.85 bits per heavy atom. The fourth-order valence-electron chi connectivity index (χ4n) is 2.03. The highest BCUT2D eigenvalue weighted by molar-refractivity contribution is 7.98. The minimum absolute atomic E-state index is 0.115. The molecule has 26 heavy (non-hydrogen) atoms. The first-order chi connectivity index (χ1) is 12.5. The number of benzene rings is 1. The summed E-state index contributed by atoms with van der Waals surface area (Å²) in [5.41, 5.74) is 6.14. The molecule has 0 aliphatic rings. The van der Waals surface area contributed by atoms with E-state index in [1.165, 1.54) is 7.11 Å². The van der Waals surface area contributed by atoms with E-state index < -0.39 is 12.0 Å². The number of ether oxygens (including phenoxy) is 2. The van der Waals surface area contributed by atoms with Crippen LogP contribution in [0.2, 0.25) is 0 Å². The Morgan fingerprint density at radius 2 is 2.19 bits per heavy atom. The normalized spacial score (nSPS) is 13.2. The Morgan fingerprint density at radius 1 is 1.42 bits per heavy atom. The summed E-state index contributed by atoms with van der Waals surface area (Å²) in [5.74, 6) is 1.05. The third-order valence-electron chi connectivity index (χ3n) is 3.44. The van der Waals surface area contributed by atoms with E-state index in [-0.39, 0.29) is 11.9 Å². The molecule has 1 amide bonds. The molecule has 3 N–H and O–H groups in total. The number of carbonyl (C=O) groups is 2. The van der Waals surface area contributed by atoms with E-state index in [0.29, 0.717) is 30.1 Å². The van der Waals surface area contributed by atoms with Gasteiger partial charge in [-0.3, -0.25) is 4.79 Å². The van der Waals surface area contributed by atoms with Crippen molar-refractivity contribution in [2.75, 3.05) is 31.5 Å². The van der Waals surface area contributed by atoms with Gasteiger partial charge in [-0.1, -0.05) is 12.1 Å². The molecule has 0 aliphatic carbocycles. The Labute approximate surface area is 164 Å². The average molecular weight is 399 g/mol. The van der Waals surface area contributed by atoms with Crippen LogP contribution in [0.15, 0.2) is 36.4 Å². The number of esters is 1. The molecule has 6 nitrogen and oxygen atoms in total. The number of amides is 1. The van der Waals surface area contributed by atoms with Gasteiger partial charge in [0.25, 0.3) is 5.91 Å². The number of thioether (sulfide) groups is 1. The molecule has 8 heteroatoms. The molecule has 2 atom stereocenters. The number of hydrogen-bond donors (Lipinski definition) is 3. The Balaban J connectivity index is 2.68. The SMILES string of the molecule is COC(=O)C(CCSC)NC(=O)c1cccc(OC/C=C/C(N)CS)c1. The molecule has 0 bridgehead atoms. The van der Waals surface area contributed by atoms with Crippen molar-refractivity contribution < 1.29 is 19.1 Å². The molecule has 0 aliphatic heterocycles. The van der Waals surface area contributed by atoms with E-state index in [9.17, 15) is 9.59 Å². The third-order valence-corrected chi connectivity index (χ3v) is 4.50. The predicted octanol–water partition coefficient (Wildman–Crippen LogP) is 1.90. The lowest BCUT2D eigenvalue weighted by Crippen LogP contribution is -2.41. The molecule has 0 saturated heterocycles. The minimum Gasteiger partial charge on any atom is -0.490 e. The van der Waals surface area contributed by atoms with Crippen LogP contribution in [0, 0.1) is 0 Å². The topological polar surface area (TPSA) is 90.6 Å². The summed E-state index contributed by atoms with van der Waals surface area (Å²) < 4.78 is 10.3. The average Bonchev–Trinajstić information content (AvgIpc) is 2.67. The summed E-state index contributed by atoms with van der Waals surface area (Å²) in [7, 11) is 1.31. The maximum absolute atomic E-state index is 12.4. The van der Waals surface area contributed by atoms with E-state index in [2.05, 4.69) is 17.9 Å². The van der Waals surface area contributed by atoms with Gasteiger partial charge in [0, 0.05) is 17.4 Å². The van der Waals surface area contributed by atoms with Gasteiger partial charge >= 0.3 is 5.97 Å². The zero-order valence-corrected chi connectivity index (χ0v) is 16.7. The monoisotopic (exact) mass is 398 g/mol. The van der Waals surface area contributed by atoms with Gasteiger partial charge in [0.2, 0.25) is 0 Å². The zero-order valence-electron chi connectivity index (χ0n) is 15.0. The Kier molecular flexibility index (Phi) is 10.9. The first kappa shape index (κ1) is 22.4. The molecule has 1 aromatic rings. The van der Waals surface area contributed by atoms with E-state index >= 15 is 0 Å². The zero-order chi connectivity index (χ0) is 19.4. The van der Waals surface area contributed by atoms with Crippen LogP contribution in [0.25, 0.3) is 0 Å². The lowest BCUT2D eigenvalue weighted by molar-refractivity contribution is -0.142. The largest absolute Gasteiger partial charge is 0.490 e. The molecular formula is C18H26N2O4S2. The van der Waals surface area contributed by atoms with Crippen molar-refractivity contribution in [2.24, 2.45) is 5.73 Å². The molecule has 0 fully saturated rings. The second-order valence-corrected chi connectivity index (χ2v) is 6.79. The van der Waals surface area contributed by atoms with Crippen LogP contribution in [-0.2, 0) is 9.53 Å². The van der Waals surface area contributed by atoms with Crippen LogP contribution in [0.4, 0.5) is 0 Å². The van der Waals surface area contributed by atoms with Crippen molar-refractivity contribution >= 4 is 36.3 Å². The molecule has 1 aromatic carbocycles. The van der Waals surface area contributed by atoms with Gasteiger partial charge in [-0.2, -0.15) is 24.4 Å². The summed E-state index contributed by atoms with van der Waals surface area (Å²) in [6, 6.07) is 5.99. The molecule has 0 radical (unpaired) electrons. The quantitative estimate of drug-likeness (QED) is 0.300. The highest BCUT2D eigenvalue weighted by Gasteiger charge is 2.21. The second-order valence-electron chi connectivity index (χ2n) is 5.44. The van der Waals surface area contributed by atoms with Crippen LogP contribution >= 0.6 is 24.4 Å². The van der Waals surface area contributed by atoms with Gasteiger partial charge in [0.1, 0.15) is 18.4 Å².